The van der Waals surface area contributed by atoms with E-state index in [4.69, 9.17) is 0 Å². The second-order valence-electron chi connectivity index (χ2n) is 6.21. The minimum Gasteiger partial charge on any atom is -0.348 e. The van der Waals surface area contributed by atoms with E-state index in [1.165, 1.54) is 0 Å². The zero-order valence-electron chi connectivity index (χ0n) is 14.9. The van der Waals surface area contributed by atoms with E-state index >= 15 is 0 Å². The van der Waals surface area contributed by atoms with Crippen LogP contribution in [0, 0.1) is 6.92 Å². The summed E-state index contributed by atoms with van der Waals surface area (Å²) < 4.78 is 25.7. The SMILES string of the molecule is Cc1ccc(N([C@@H](C)C(=O)N[C@H](C)c2ccccc2)S(C)(=O)=O)cc1. The van der Waals surface area contributed by atoms with Gasteiger partial charge in [0.2, 0.25) is 15.9 Å². The summed E-state index contributed by atoms with van der Waals surface area (Å²) in [6, 6.07) is 15.5. The van der Waals surface area contributed by atoms with E-state index in [1.807, 2.05) is 56.3 Å². The number of benzene rings is 2. The van der Waals surface area contributed by atoms with Crippen molar-refractivity contribution in [3.8, 4) is 0 Å². The zero-order chi connectivity index (χ0) is 18.6. The maximum absolute atomic E-state index is 12.6. The van der Waals surface area contributed by atoms with Crippen LogP contribution in [0.15, 0.2) is 54.6 Å². The Kier molecular flexibility index (Phi) is 5.85. The van der Waals surface area contributed by atoms with Crippen LogP contribution in [-0.4, -0.2) is 26.6 Å². The van der Waals surface area contributed by atoms with Gasteiger partial charge in [0.25, 0.3) is 0 Å². The summed E-state index contributed by atoms with van der Waals surface area (Å²) >= 11 is 0. The number of nitrogens with one attached hydrogen (secondary N) is 1. The Balaban J connectivity index is 2.23. The minimum atomic E-state index is -3.60. The van der Waals surface area contributed by atoms with Crippen molar-refractivity contribution in [2.24, 2.45) is 0 Å². The smallest absolute Gasteiger partial charge is 0.244 e. The molecule has 5 nitrogen and oxygen atoms in total. The van der Waals surface area contributed by atoms with Gasteiger partial charge in [0.05, 0.1) is 18.0 Å². The van der Waals surface area contributed by atoms with Crippen LogP contribution in [0.1, 0.15) is 31.0 Å². The molecule has 134 valence electrons. The second-order valence-corrected chi connectivity index (χ2v) is 8.07. The summed E-state index contributed by atoms with van der Waals surface area (Å²) in [4.78, 5) is 12.6. The number of carbonyl (C=O) groups excluding carboxylic acids is 1. The molecule has 2 atom stereocenters. The fourth-order valence-electron chi connectivity index (χ4n) is 2.66. The largest absolute Gasteiger partial charge is 0.348 e. The number of rotatable bonds is 6. The molecule has 0 heterocycles. The maximum Gasteiger partial charge on any atom is 0.244 e. The van der Waals surface area contributed by atoms with Crippen molar-refractivity contribution in [3.63, 3.8) is 0 Å². The van der Waals surface area contributed by atoms with Gasteiger partial charge in [-0.1, -0.05) is 48.0 Å². The molecule has 2 aromatic carbocycles. The molecule has 0 saturated carbocycles. The third-order valence-corrected chi connectivity index (χ3v) is 5.28. The number of nitrogens with zero attached hydrogens (tertiary/aromatic N) is 1. The monoisotopic (exact) mass is 360 g/mol. The molecule has 0 aliphatic heterocycles. The maximum atomic E-state index is 12.6. The molecule has 0 bridgehead atoms. The molecule has 0 aromatic heterocycles. The van der Waals surface area contributed by atoms with E-state index in [-0.39, 0.29) is 11.9 Å². The number of hydrogen-bond donors (Lipinski definition) is 1. The topological polar surface area (TPSA) is 66.5 Å². The summed E-state index contributed by atoms with van der Waals surface area (Å²) in [5, 5.41) is 2.88. The van der Waals surface area contributed by atoms with Crippen molar-refractivity contribution in [2.75, 3.05) is 10.6 Å². The lowest BCUT2D eigenvalue weighted by Crippen LogP contribution is -2.48. The summed E-state index contributed by atoms with van der Waals surface area (Å²) in [6.07, 6.45) is 1.11. The average molecular weight is 360 g/mol. The van der Waals surface area contributed by atoms with Gasteiger partial charge in [-0.3, -0.25) is 9.10 Å². The van der Waals surface area contributed by atoms with E-state index in [9.17, 15) is 13.2 Å². The summed E-state index contributed by atoms with van der Waals surface area (Å²) in [5.74, 6) is -0.345. The Morgan fingerprint density at radius 1 is 1.00 bits per heavy atom. The van der Waals surface area contributed by atoms with E-state index in [0.717, 1.165) is 21.7 Å². The number of aryl methyl sites for hydroxylation is 1. The fourth-order valence-corrected chi connectivity index (χ4v) is 3.83. The first kappa shape index (κ1) is 19.0. The van der Waals surface area contributed by atoms with Gasteiger partial charge in [-0.05, 0) is 38.5 Å². The lowest BCUT2D eigenvalue weighted by Gasteiger charge is -2.29. The van der Waals surface area contributed by atoms with Crippen LogP contribution in [0.5, 0.6) is 0 Å². The molecule has 0 saturated heterocycles. The molecular formula is C19H24N2O3S. The normalized spacial score (nSPS) is 13.8. The molecule has 25 heavy (non-hydrogen) atoms. The van der Waals surface area contributed by atoms with Crippen LogP contribution in [0.4, 0.5) is 5.69 Å². The molecule has 0 aliphatic rings. The quantitative estimate of drug-likeness (QED) is 0.861. The molecule has 6 heteroatoms. The zero-order valence-corrected chi connectivity index (χ0v) is 15.7. The molecule has 0 spiro atoms. The van der Waals surface area contributed by atoms with Crippen molar-refractivity contribution in [1.29, 1.82) is 0 Å². The van der Waals surface area contributed by atoms with Gasteiger partial charge in [0, 0.05) is 0 Å². The highest BCUT2D eigenvalue weighted by Crippen LogP contribution is 2.22. The van der Waals surface area contributed by atoms with Gasteiger partial charge < -0.3 is 5.32 Å². The van der Waals surface area contributed by atoms with Crippen LogP contribution in [0.25, 0.3) is 0 Å². The molecule has 0 unspecified atom stereocenters. The van der Waals surface area contributed by atoms with Gasteiger partial charge in [0.15, 0.2) is 0 Å². The number of sulfonamides is 1. The number of anilines is 1. The highest BCUT2D eigenvalue weighted by molar-refractivity contribution is 7.92. The van der Waals surface area contributed by atoms with Gasteiger partial charge in [-0.2, -0.15) is 0 Å². The molecular weight excluding hydrogens is 336 g/mol. The number of hydrogen-bond acceptors (Lipinski definition) is 3. The fraction of sp³-hybridized carbons (Fsp3) is 0.316. The van der Waals surface area contributed by atoms with E-state index in [2.05, 4.69) is 5.32 Å². The second kappa shape index (κ2) is 7.70. The Morgan fingerprint density at radius 3 is 2.08 bits per heavy atom. The first-order valence-corrected chi connectivity index (χ1v) is 9.96. The Bertz CT molecular complexity index is 818. The third-order valence-electron chi connectivity index (χ3n) is 4.04. The first-order chi connectivity index (χ1) is 11.7. The molecule has 0 radical (unpaired) electrons. The minimum absolute atomic E-state index is 0.212. The predicted octanol–water partition coefficient (Wildman–Crippen LogP) is 3.03. The molecule has 0 fully saturated rings. The summed E-state index contributed by atoms with van der Waals surface area (Å²) in [7, 11) is -3.60. The summed E-state index contributed by atoms with van der Waals surface area (Å²) in [5.41, 5.74) is 2.46. The van der Waals surface area contributed by atoms with E-state index in [0.29, 0.717) is 5.69 Å². The van der Waals surface area contributed by atoms with Gasteiger partial charge >= 0.3 is 0 Å². The van der Waals surface area contributed by atoms with E-state index in [1.54, 1.807) is 19.1 Å². The molecule has 0 aliphatic carbocycles. The van der Waals surface area contributed by atoms with Crippen LogP contribution in [-0.2, 0) is 14.8 Å². The van der Waals surface area contributed by atoms with Crippen LogP contribution < -0.4 is 9.62 Å². The number of amides is 1. The molecule has 1 amide bonds. The highest BCUT2D eigenvalue weighted by atomic mass is 32.2. The van der Waals surface area contributed by atoms with Gasteiger partial charge in [0.1, 0.15) is 6.04 Å². The first-order valence-electron chi connectivity index (χ1n) is 8.11. The van der Waals surface area contributed by atoms with Gasteiger partial charge in [-0.25, -0.2) is 8.42 Å². The van der Waals surface area contributed by atoms with Crippen LogP contribution >= 0.6 is 0 Å². The lowest BCUT2D eigenvalue weighted by molar-refractivity contribution is -0.122. The predicted molar refractivity (Wildman–Crippen MR) is 101 cm³/mol. The number of carbonyl (C=O) groups is 1. The van der Waals surface area contributed by atoms with E-state index < -0.39 is 16.1 Å². The molecule has 1 N–H and O–H groups in total. The van der Waals surface area contributed by atoms with Crippen molar-refractivity contribution >= 4 is 21.6 Å². The van der Waals surface area contributed by atoms with Crippen LogP contribution in [0.2, 0.25) is 0 Å². The van der Waals surface area contributed by atoms with Crippen molar-refractivity contribution in [2.45, 2.75) is 32.9 Å². The Hall–Kier alpha value is -2.34. The Morgan fingerprint density at radius 2 is 1.56 bits per heavy atom. The van der Waals surface area contributed by atoms with Crippen molar-refractivity contribution in [1.82, 2.24) is 5.32 Å². The third kappa shape index (κ3) is 4.82. The summed E-state index contributed by atoms with van der Waals surface area (Å²) in [6.45, 7) is 5.39. The van der Waals surface area contributed by atoms with Crippen molar-refractivity contribution in [3.05, 3.63) is 65.7 Å². The Labute approximate surface area is 149 Å². The molecule has 2 aromatic rings. The lowest BCUT2D eigenvalue weighted by atomic mass is 10.1. The van der Waals surface area contributed by atoms with Crippen LogP contribution in [0.3, 0.4) is 0 Å². The van der Waals surface area contributed by atoms with Gasteiger partial charge in [-0.15, -0.1) is 0 Å². The highest BCUT2D eigenvalue weighted by Gasteiger charge is 2.29. The average Bonchev–Trinajstić information content (AvgIpc) is 2.56. The molecule has 2 rings (SSSR count). The van der Waals surface area contributed by atoms with Crippen molar-refractivity contribution < 1.29 is 13.2 Å². The standard InChI is InChI=1S/C19H24N2O3S/c1-14-10-12-18(13-11-14)21(25(4,23)24)16(3)19(22)20-15(2)17-8-6-5-7-9-17/h5-13,15-16H,1-4H3,(H,20,22)/t15-,16+/m1/s1.